The first-order valence-electron chi connectivity index (χ1n) is 6.06. The highest BCUT2D eigenvalue weighted by Crippen LogP contribution is 2.26. The molecule has 3 aromatic rings. The van der Waals surface area contributed by atoms with Crippen molar-refractivity contribution in [1.29, 1.82) is 0 Å². The lowest BCUT2D eigenvalue weighted by molar-refractivity contribution is 0.959. The van der Waals surface area contributed by atoms with Gasteiger partial charge >= 0.3 is 0 Å². The number of hydrogen-bond acceptors (Lipinski definition) is 3. The minimum absolute atomic E-state index is 0.422. The normalized spacial score (nSPS) is 10.8. The molecule has 0 N–H and O–H groups in total. The number of hydrogen-bond donors (Lipinski definition) is 0. The fraction of sp³-hybridized carbons (Fsp3) is 0.133. The second-order valence-electron chi connectivity index (χ2n) is 4.63. The summed E-state index contributed by atoms with van der Waals surface area (Å²) in [7, 11) is 1.95. The fourth-order valence-corrected chi connectivity index (χ4v) is 2.28. The Balaban J connectivity index is 2.25. The molecule has 94 valence electrons. The lowest BCUT2D eigenvalue weighted by atomic mass is 10.1. The number of aromatic nitrogens is 2. The van der Waals surface area contributed by atoms with E-state index >= 15 is 0 Å². The van der Waals surface area contributed by atoms with Crippen molar-refractivity contribution in [2.24, 2.45) is 12.2 Å². The van der Waals surface area contributed by atoms with Gasteiger partial charge in [-0.3, -0.25) is 0 Å². The Morgan fingerprint density at radius 2 is 2.00 bits per heavy atom. The van der Waals surface area contributed by atoms with Crippen LogP contribution >= 0.6 is 0 Å². The topological polar surface area (TPSA) is 47.2 Å². The summed E-state index contributed by atoms with van der Waals surface area (Å²) in [6, 6.07) is 13.5. The van der Waals surface area contributed by atoms with Gasteiger partial charge in [-0.25, -0.2) is 4.98 Å². The Morgan fingerprint density at radius 1 is 1.16 bits per heavy atom. The van der Waals surface area contributed by atoms with Crippen molar-refractivity contribution in [1.82, 2.24) is 9.55 Å². The number of nitrogens with zero attached hydrogens (tertiary/aromatic N) is 3. The van der Waals surface area contributed by atoms with Gasteiger partial charge in [0.1, 0.15) is 11.5 Å². The predicted octanol–water partition coefficient (Wildman–Crippen LogP) is 3.95. The van der Waals surface area contributed by atoms with E-state index < -0.39 is 0 Å². The van der Waals surface area contributed by atoms with Crippen LogP contribution in [0.15, 0.2) is 47.6 Å². The molecule has 0 saturated carbocycles. The summed E-state index contributed by atoms with van der Waals surface area (Å²) in [5.74, 6) is 0.891. The second-order valence-corrected chi connectivity index (χ2v) is 4.63. The molecule has 0 fully saturated rings. The van der Waals surface area contributed by atoms with Gasteiger partial charge in [0.25, 0.3) is 0 Å². The third-order valence-electron chi connectivity index (χ3n) is 3.25. The average Bonchev–Trinajstić information content (AvgIpc) is 2.76. The lowest BCUT2D eigenvalue weighted by Gasteiger charge is -2.03. The zero-order chi connectivity index (χ0) is 13.4. The van der Waals surface area contributed by atoms with Gasteiger partial charge in [-0.1, -0.05) is 23.8 Å². The largest absolute Gasteiger partial charge is 0.327 e. The monoisotopic (exact) mass is 251 g/mol. The molecule has 0 spiro atoms. The van der Waals surface area contributed by atoms with E-state index in [1.54, 1.807) is 12.1 Å². The molecule has 0 bridgehead atoms. The Kier molecular flexibility index (Phi) is 2.63. The molecule has 4 heteroatoms. The molecule has 0 unspecified atom stereocenters. The number of rotatable bonds is 2. The second kappa shape index (κ2) is 4.31. The molecule has 0 saturated heterocycles. The molecule has 2 aromatic carbocycles. The first-order chi connectivity index (χ1) is 9.19. The van der Waals surface area contributed by atoms with E-state index in [9.17, 15) is 4.91 Å². The molecule has 0 aliphatic heterocycles. The summed E-state index contributed by atoms with van der Waals surface area (Å²) in [5, 5.41) is 2.97. The summed E-state index contributed by atoms with van der Waals surface area (Å²) in [5.41, 5.74) is 4.46. The first-order valence-corrected chi connectivity index (χ1v) is 6.06. The summed E-state index contributed by atoms with van der Waals surface area (Å²) in [6.45, 7) is 2.06. The van der Waals surface area contributed by atoms with Gasteiger partial charge in [-0.2, -0.15) is 0 Å². The fourth-order valence-electron chi connectivity index (χ4n) is 2.28. The van der Waals surface area contributed by atoms with Crippen molar-refractivity contribution >= 4 is 16.7 Å². The van der Waals surface area contributed by atoms with Crippen molar-refractivity contribution in [2.45, 2.75) is 6.92 Å². The molecule has 4 nitrogen and oxygen atoms in total. The van der Waals surface area contributed by atoms with Crippen LogP contribution in [0.5, 0.6) is 0 Å². The van der Waals surface area contributed by atoms with Crippen molar-refractivity contribution < 1.29 is 0 Å². The Morgan fingerprint density at radius 3 is 2.74 bits per heavy atom. The van der Waals surface area contributed by atoms with Gasteiger partial charge in [0.2, 0.25) is 0 Å². The zero-order valence-corrected chi connectivity index (χ0v) is 10.8. The maximum Gasteiger partial charge on any atom is 0.140 e. The van der Waals surface area contributed by atoms with Crippen LogP contribution in [-0.2, 0) is 7.05 Å². The summed E-state index contributed by atoms with van der Waals surface area (Å²) in [6.07, 6.45) is 0. The lowest BCUT2D eigenvalue weighted by Crippen LogP contribution is -1.92. The highest BCUT2D eigenvalue weighted by Gasteiger charge is 2.10. The first kappa shape index (κ1) is 11.6. The Bertz CT molecular complexity index is 774. The average molecular weight is 251 g/mol. The molecule has 0 radical (unpaired) electrons. The molecule has 3 rings (SSSR count). The highest BCUT2D eigenvalue weighted by molar-refractivity contribution is 5.83. The van der Waals surface area contributed by atoms with E-state index in [0.29, 0.717) is 5.69 Å². The van der Waals surface area contributed by atoms with E-state index in [1.807, 2.05) is 29.8 Å². The Labute approximate surface area is 110 Å². The number of fused-ring (bicyclic) bond motifs is 1. The van der Waals surface area contributed by atoms with Gasteiger partial charge in [-0.05, 0) is 36.4 Å². The third-order valence-corrected chi connectivity index (χ3v) is 3.25. The molecule has 0 aliphatic carbocycles. The van der Waals surface area contributed by atoms with E-state index in [1.165, 1.54) is 5.56 Å². The highest BCUT2D eigenvalue weighted by atomic mass is 16.3. The number of benzene rings is 2. The smallest absolute Gasteiger partial charge is 0.140 e. The number of nitroso groups, excluding NO2 is 1. The Hall–Kier alpha value is -2.49. The number of imidazole rings is 1. The summed E-state index contributed by atoms with van der Waals surface area (Å²) in [4.78, 5) is 15.2. The van der Waals surface area contributed by atoms with Crippen molar-refractivity contribution in [2.75, 3.05) is 0 Å². The third kappa shape index (κ3) is 1.91. The molecule has 0 atom stereocenters. The molecule has 1 heterocycles. The van der Waals surface area contributed by atoms with E-state index in [2.05, 4.69) is 29.2 Å². The SMILES string of the molecule is Cc1cccc(-c2nc3ccc(N=O)cc3n2C)c1. The molecule has 0 aliphatic rings. The van der Waals surface area contributed by atoms with Crippen LogP contribution in [0.2, 0.25) is 0 Å². The summed E-state index contributed by atoms with van der Waals surface area (Å²) < 4.78 is 1.98. The minimum atomic E-state index is 0.422. The maximum atomic E-state index is 10.6. The molecular formula is C15H13N3O. The van der Waals surface area contributed by atoms with Crippen LogP contribution < -0.4 is 0 Å². The van der Waals surface area contributed by atoms with Gasteiger partial charge < -0.3 is 4.57 Å². The summed E-state index contributed by atoms with van der Waals surface area (Å²) >= 11 is 0. The molecule has 1 aromatic heterocycles. The minimum Gasteiger partial charge on any atom is -0.327 e. The van der Waals surface area contributed by atoms with Crippen LogP contribution in [0.3, 0.4) is 0 Å². The van der Waals surface area contributed by atoms with Gasteiger partial charge in [-0.15, -0.1) is 4.91 Å². The van der Waals surface area contributed by atoms with Crippen LogP contribution in [0, 0.1) is 11.8 Å². The van der Waals surface area contributed by atoms with Crippen LogP contribution in [-0.4, -0.2) is 9.55 Å². The van der Waals surface area contributed by atoms with Crippen molar-refractivity contribution in [3.8, 4) is 11.4 Å². The standard InChI is InChI=1S/C15H13N3O/c1-10-4-3-5-11(8-10)15-16-13-7-6-12(17-19)9-14(13)18(15)2/h3-9H,1-2H3. The van der Waals surface area contributed by atoms with Gasteiger partial charge in [0, 0.05) is 12.6 Å². The van der Waals surface area contributed by atoms with Crippen molar-refractivity contribution in [3.63, 3.8) is 0 Å². The maximum absolute atomic E-state index is 10.6. The van der Waals surface area contributed by atoms with E-state index in [0.717, 1.165) is 22.4 Å². The van der Waals surface area contributed by atoms with Crippen LogP contribution in [0.25, 0.3) is 22.4 Å². The molecular weight excluding hydrogens is 238 g/mol. The number of aryl methyl sites for hydroxylation is 2. The molecule has 0 amide bonds. The van der Waals surface area contributed by atoms with E-state index in [4.69, 9.17) is 0 Å². The van der Waals surface area contributed by atoms with E-state index in [-0.39, 0.29) is 0 Å². The van der Waals surface area contributed by atoms with Gasteiger partial charge in [0.05, 0.1) is 11.0 Å². The quantitative estimate of drug-likeness (QED) is 0.647. The van der Waals surface area contributed by atoms with Crippen LogP contribution in [0.4, 0.5) is 5.69 Å². The van der Waals surface area contributed by atoms with Gasteiger partial charge in [0.15, 0.2) is 0 Å². The predicted molar refractivity (Wildman–Crippen MR) is 76.3 cm³/mol. The van der Waals surface area contributed by atoms with Crippen LogP contribution in [0.1, 0.15) is 5.56 Å². The zero-order valence-electron chi connectivity index (χ0n) is 10.8. The van der Waals surface area contributed by atoms with Crippen molar-refractivity contribution in [3.05, 3.63) is 52.9 Å². The molecule has 19 heavy (non-hydrogen) atoms.